The number of halogens is 1. The summed E-state index contributed by atoms with van der Waals surface area (Å²) in [6.45, 7) is 4.03. The first-order chi connectivity index (χ1) is 17.5. The van der Waals surface area contributed by atoms with E-state index in [0.717, 1.165) is 66.8 Å². The van der Waals surface area contributed by atoms with Gasteiger partial charge in [0, 0.05) is 28.1 Å². The number of methoxy groups -OCH3 is 1. The van der Waals surface area contributed by atoms with Crippen molar-refractivity contribution in [1.29, 1.82) is 0 Å². The first kappa shape index (κ1) is 23.2. The lowest BCUT2D eigenvalue weighted by Gasteiger charge is -2.06. The number of hydrogen-bond donors (Lipinski definition) is 3. The van der Waals surface area contributed by atoms with Crippen molar-refractivity contribution in [2.45, 2.75) is 13.8 Å². The van der Waals surface area contributed by atoms with Gasteiger partial charge >= 0.3 is 0 Å². The Morgan fingerprint density at radius 1 is 0.944 bits per heavy atom. The Bertz CT molecular complexity index is 1670. The molecule has 5 rings (SSSR count). The minimum absolute atomic E-state index is 0.259. The first-order valence-corrected chi connectivity index (χ1v) is 11.7. The van der Waals surface area contributed by atoms with Gasteiger partial charge < -0.3 is 15.5 Å². The van der Waals surface area contributed by atoms with E-state index in [-0.39, 0.29) is 5.82 Å². The van der Waals surface area contributed by atoms with Gasteiger partial charge in [-0.15, -0.1) is 0 Å². The van der Waals surface area contributed by atoms with Gasteiger partial charge in [-0.2, -0.15) is 5.10 Å². The van der Waals surface area contributed by atoms with Gasteiger partial charge in [0.1, 0.15) is 17.3 Å². The van der Waals surface area contributed by atoms with E-state index in [9.17, 15) is 4.39 Å². The molecule has 0 saturated carbocycles. The Labute approximate surface area is 208 Å². The number of nitrogens with one attached hydrogen (secondary N) is 2. The molecule has 3 aromatic carbocycles. The van der Waals surface area contributed by atoms with E-state index in [1.54, 1.807) is 25.4 Å². The van der Waals surface area contributed by atoms with E-state index in [2.05, 4.69) is 27.3 Å². The van der Waals surface area contributed by atoms with E-state index in [0.29, 0.717) is 0 Å². The molecular formula is C30H27FN4O. The van der Waals surface area contributed by atoms with Crippen molar-refractivity contribution >= 4 is 27.4 Å². The summed E-state index contributed by atoms with van der Waals surface area (Å²) < 4.78 is 19.4. The molecule has 36 heavy (non-hydrogen) atoms. The fourth-order valence-corrected chi connectivity index (χ4v) is 4.41. The highest BCUT2D eigenvalue weighted by molar-refractivity contribution is 6.01. The number of hydrogen-bond acceptors (Lipinski definition) is 3. The number of aromatic nitrogens is 3. The van der Waals surface area contributed by atoms with Crippen LogP contribution in [-0.2, 0) is 4.74 Å². The van der Waals surface area contributed by atoms with Gasteiger partial charge in [0.25, 0.3) is 0 Å². The maximum Gasteiger partial charge on any atom is 0.123 e. The average Bonchev–Trinajstić information content (AvgIpc) is 3.49. The number of fused-ring (bicyclic) bond motifs is 2. The smallest absolute Gasteiger partial charge is 0.123 e. The Balaban J connectivity index is 1.61. The minimum Gasteiger partial charge on any atom is -0.497 e. The van der Waals surface area contributed by atoms with Gasteiger partial charge in [-0.25, -0.2) is 4.39 Å². The molecule has 0 amide bonds. The standard InChI is InChI=1S/C30H27FN4O/c1-18(2)12-23(36-3)14-21(17-32)19-10-11-28-26(15-19)30(35-34-28)29-16-25-24(8-5-9-27(25)33-29)20-6-4-7-22(31)13-20/h4-17,33H,32H2,1-3H3,(H,34,35)/b21-17+,23-14+. The normalized spacial score (nSPS) is 12.3. The first-order valence-electron chi connectivity index (χ1n) is 11.7. The van der Waals surface area contributed by atoms with Crippen molar-refractivity contribution < 1.29 is 9.13 Å². The van der Waals surface area contributed by atoms with Crippen LogP contribution in [0.15, 0.2) is 96.4 Å². The number of allylic oxidation sites excluding steroid dienone is 4. The molecule has 5 aromatic rings. The molecule has 5 nitrogen and oxygen atoms in total. The van der Waals surface area contributed by atoms with Crippen LogP contribution in [0.2, 0.25) is 0 Å². The van der Waals surface area contributed by atoms with Crippen LogP contribution in [0.3, 0.4) is 0 Å². The summed E-state index contributed by atoms with van der Waals surface area (Å²) in [4.78, 5) is 3.49. The highest BCUT2D eigenvalue weighted by atomic mass is 19.1. The van der Waals surface area contributed by atoms with E-state index in [4.69, 9.17) is 10.5 Å². The Hall–Kier alpha value is -4.58. The van der Waals surface area contributed by atoms with Crippen molar-refractivity contribution in [3.8, 4) is 22.5 Å². The number of rotatable bonds is 6. The summed E-state index contributed by atoms with van der Waals surface area (Å²) in [5.74, 6) is 0.463. The number of nitrogens with two attached hydrogens (primary N) is 1. The lowest BCUT2D eigenvalue weighted by atomic mass is 10.0. The zero-order chi connectivity index (χ0) is 25.2. The van der Waals surface area contributed by atoms with E-state index in [1.165, 1.54) is 6.07 Å². The van der Waals surface area contributed by atoms with Gasteiger partial charge in [-0.05, 0) is 79.1 Å². The predicted molar refractivity (Wildman–Crippen MR) is 145 cm³/mol. The summed E-state index contributed by atoms with van der Waals surface area (Å²) in [5, 5.41) is 9.69. The molecule has 6 heteroatoms. The topological polar surface area (TPSA) is 79.7 Å². The molecule has 0 aliphatic rings. The monoisotopic (exact) mass is 478 g/mol. The lowest BCUT2D eigenvalue weighted by Crippen LogP contribution is -1.91. The third kappa shape index (κ3) is 4.41. The summed E-state index contributed by atoms with van der Waals surface area (Å²) in [6, 6.07) is 20.7. The predicted octanol–water partition coefficient (Wildman–Crippen LogP) is 7.31. The summed E-state index contributed by atoms with van der Waals surface area (Å²) in [6.07, 6.45) is 5.46. The van der Waals surface area contributed by atoms with Crippen LogP contribution < -0.4 is 5.73 Å². The van der Waals surface area contributed by atoms with Crippen molar-refractivity contribution in [2.75, 3.05) is 7.11 Å². The van der Waals surface area contributed by atoms with E-state index >= 15 is 0 Å². The molecule has 0 aliphatic heterocycles. The molecule has 0 bridgehead atoms. The van der Waals surface area contributed by atoms with Crippen molar-refractivity contribution in [2.24, 2.45) is 5.73 Å². The fraction of sp³-hybridized carbons (Fsp3) is 0.100. The molecule has 0 aliphatic carbocycles. The van der Waals surface area contributed by atoms with Gasteiger partial charge in [-0.1, -0.05) is 35.9 Å². The van der Waals surface area contributed by atoms with Gasteiger partial charge in [0.05, 0.1) is 18.3 Å². The van der Waals surface area contributed by atoms with E-state index < -0.39 is 0 Å². The molecule has 0 saturated heterocycles. The quantitative estimate of drug-likeness (QED) is 0.177. The molecule has 0 fully saturated rings. The zero-order valence-corrected chi connectivity index (χ0v) is 20.4. The van der Waals surface area contributed by atoms with Gasteiger partial charge in [0.2, 0.25) is 0 Å². The molecule has 0 spiro atoms. The number of ether oxygens (including phenoxy) is 1. The average molecular weight is 479 g/mol. The van der Waals surface area contributed by atoms with Crippen LogP contribution in [0.4, 0.5) is 4.39 Å². The van der Waals surface area contributed by atoms with Gasteiger partial charge in [-0.3, -0.25) is 5.10 Å². The highest BCUT2D eigenvalue weighted by Crippen LogP contribution is 2.35. The molecule has 0 radical (unpaired) electrons. The molecule has 2 aromatic heterocycles. The second-order valence-electron chi connectivity index (χ2n) is 8.89. The number of nitrogens with zero attached hydrogens (tertiary/aromatic N) is 1. The minimum atomic E-state index is -0.259. The van der Waals surface area contributed by atoms with Crippen LogP contribution in [-0.4, -0.2) is 22.3 Å². The lowest BCUT2D eigenvalue weighted by molar-refractivity contribution is 0.307. The molecule has 180 valence electrons. The molecule has 0 atom stereocenters. The largest absolute Gasteiger partial charge is 0.497 e. The number of H-pyrrole nitrogens is 2. The van der Waals surface area contributed by atoms with Crippen molar-refractivity contribution in [1.82, 2.24) is 15.2 Å². The maximum absolute atomic E-state index is 13.9. The van der Waals surface area contributed by atoms with E-state index in [1.807, 2.05) is 62.4 Å². The van der Waals surface area contributed by atoms with Crippen molar-refractivity contribution in [3.05, 3.63) is 108 Å². The van der Waals surface area contributed by atoms with Crippen LogP contribution in [0.25, 0.3) is 49.9 Å². The summed E-state index contributed by atoms with van der Waals surface area (Å²) >= 11 is 0. The van der Waals surface area contributed by atoms with Crippen LogP contribution in [0.1, 0.15) is 19.4 Å². The number of aromatic amines is 2. The number of benzene rings is 3. The molecule has 0 unspecified atom stereocenters. The molecule has 2 heterocycles. The van der Waals surface area contributed by atoms with Gasteiger partial charge in [0.15, 0.2) is 0 Å². The Morgan fingerprint density at radius 3 is 2.53 bits per heavy atom. The maximum atomic E-state index is 13.9. The fourth-order valence-electron chi connectivity index (χ4n) is 4.41. The molecule has 4 N–H and O–H groups in total. The van der Waals surface area contributed by atoms with Crippen LogP contribution in [0.5, 0.6) is 0 Å². The Morgan fingerprint density at radius 2 is 1.78 bits per heavy atom. The zero-order valence-electron chi connectivity index (χ0n) is 20.4. The third-order valence-electron chi connectivity index (χ3n) is 6.10. The summed E-state index contributed by atoms with van der Waals surface area (Å²) in [7, 11) is 1.64. The summed E-state index contributed by atoms with van der Waals surface area (Å²) in [5.41, 5.74) is 14.2. The van der Waals surface area contributed by atoms with Crippen LogP contribution in [0, 0.1) is 5.82 Å². The second kappa shape index (κ2) is 9.58. The van der Waals surface area contributed by atoms with Crippen molar-refractivity contribution in [3.63, 3.8) is 0 Å². The SMILES string of the molecule is CO/C(C=C(C)C)=C/C(=C\N)c1ccc2[nH]nc(-c3cc4c(-c5cccc(F)c5)cccc4[nH]3)c2c1. The second-order valence-corrected chi connectivity index (χ2v) is 8.89. The molecular weight excluding hydrogens is 451 g/mol. The third-order valence-corrected chi connectivity index (χ3v) is 6.10. The Kier molecular flexibility index (Phi) is 6.17. The van der Waals surface area contributed by atoms with Crippen LogP contribution >= 0.6 is 0 Å². The highest BCUT2D eigenvalue weighted by Gasteiger charge is 2.15.